The topological polar surface area (TPSA) is 62.3 Å². The lowest BCUT2D eigenvalue weighted by Gasteiger charge is -2.24. The van der Waals surface area contributed by atoms with Crippen molar-refractivity contribution >= 4 is 17.5 Å². The van der Waals surface area contributed by atoms with Crippen LogP contribution in [0.3, 0.4) is 0 Å². The van der Waals surface area contributed by atoms with E-state index in [4.69, 9.17) is 0 Å². The van der Waals surface area contributed by atoms with Gasteiger partial charge in [-0.3, -0.25) is 19.5 Å². The van der Waals surface area contributed by atoms with Gasteiger partial charge in [-0.05, 0) is 42.0 Å². The highest BCUT2D eigenvalue weighted by molar-refractivity contribution is 6.11. The number of aromatic nitrogens is 1. The van der Waals surface area contributed by atoms with Crippen LogP contribution in [0, 0.1) is 5.82 Å². The minimum absolute atomic E-state index is 0.0694. The van der Waals surface area contributed by atoms with Gasteiger partial charge in [0.2, 0.25) is 5.91 Å². The molecule has 0 spiro atoms. The molecule has 1 N–H and O–H groups in total. The number of nitrogens with one attached hydrogen (secondary N) is 1. The summed E-state index contributed by atoms with van der Waals surface area (Å²) in [4.78, 5) is 31.3. The van der Waals surface area contributed by atoms with Crippen molar-refractivity contribution in [3.05, 3.63) is 95.6 Å². The number of anilines is 1. The van der Waals surface area contributed by atoms with E-state index in [1.54, 1.807) is 18.3 Å². The maximum atomic E-state index is 13.3. The van der Waals surface area contributed by atoms with Crippen LogP contribution in [-0.2, 0) is 11.3 Å². The molecule has 1 aromatic heterocycles. The van der Waals surface area contributed by atoms with Gasteiger partial charge in [-0.2, -0.15) is 0 Å². The number of hydrogen-bond acceptors (Lipinski definition) is 3. The summed E-state index contributed by atoms with van der Waals surface area (Å²) >= 11 is 0. The minimum atomic E-state index is -0.537. The fourth-order valence-corrected chi connectivity index (χ4v) is 3.39. The van der Waals surface area contributed by atoms with Crippen LogP contribution in [0.25, 0.3) is 0 Å². The van der Waals surface area contributed by atoms with E-state index in [0.717, 1.165) is 5.56 Å². The summed E-state index contributed by atoms with van der Waals surface area (Å²) in [7, 11) is 0. The molecule has 0 radical (unpaired) electrons. The van der Waals surface area contributed by atoms with Crippen LogP contribution in [0.15, 0.2) is 72.9 Å². The third-order valence-electron chi connectivity index (χ3n) is 4.73. The second-order valence-corrected chi connectivity index (χ2v) is 6.57. The van der Waals surface area contributed by atoms with E-state index in [0.29, 0.717) is 23.5 Å². The average Bonchev–Trinajstić information content (AvgIpc) is 3.00. The molecule has 3 aromatic rings. The maximum absolute atomic E-state index is 13.3. The fourth-order valence-electron chi connectivity index (χ4n) is 3.39. The fraction of sp³-hybridized carbons (Fsp3) is 0.136. The lowest BCUT2D eigenvalue weighted by atomic mass is 10.1. The molecule has 0 aliphatic carbocycles. The zero-order valence-electron chi connectivity index (χ0n) is 15.0. The van der Waals surface area contributed by atoms with Crippen molar-refractivity contribution in [3.8, 4) is 0 Å². The molecule has 0 saturated carbocycles. The Balaban J connectivity index is 1.57. The summed E-state index contributed by atoms with van der Waals surface area (Å²) in [5.41, 5.74) is 2.55. The number of hydrogen-bond donors (Lipinski definition) is 1. The molecule has 0 fully saturated rings. The van der Waals surface area contributed by atoms with Gasteiger partial charge in [0.05, 0.1) is 23.7 Å². The third kappa shape index (κ3) is 3.49. The van der Waals surface area contributed by atoms with Crippen molar-refractivity contribution in [1.82, 2.24) is 10.3 Å². The van der Waals surface area contributed by atoms with E-state index in [1.165, 1.54) is 29.2 Å². The van der Waals surface area contributed by atoms with Crippen molar-refractivity contribution in [2.24, 2.45) is 0 Å². The quantitative estimate of drug-likeness (QED) is 0.741. The molecule has 6 heteroatoms. The van der Waals surface area contributed by atoms with Gasteiger partial charge in [0, 0.05) is 18.4 Å². The molecule has 1 unspecified atom stereocenters. The Bertz CT molecular complexity index is 1010. The smallest absolute Gasteiger partial charge is 0.260 e. The number of rotatable bonds is 5. The first-order chi connectivity index (χ1) is 13.6. The molecule has 1 atom stereocenters. The molecule has 0 saturated heterocycles. The Hall–Kier alpha value is -3.54. The Morgan fingerprint density at radius 2 is 1.79 bits per heavy atom. The number of amides is 2. The highest BCUT2D eigenvalue weighted by Gasteiger charge is 2.39. The number of fused-ring (bicyclic) bond motifs is 1. The Morgan fingerprint density at radius 1 is 1.04 bits per heavy atom. The van der Waals surface area contributed by atoms with Crippen molar-refractivity contribution in [1.29, 1.82) is 0 Å². The maximum Gasteiger partial charge on any atom is 0.260 e. The molecular formula is C22H18FN3O2. The first kappa shape index (κ1) is 17.9. The third-order valence-corrected chi connectivity index (χ3v) is 4.73. The first-order valence-electron chi connectivity index (χ1n) is 8.98. The van der Waals surface area contributed by atoms with Crippen molar-refractivity contribution in [3.63, 3.8) is 0 Å². The first-order valence-corrected chi connectivity index (χ1v) is 8.98. The lowest BCUT2D eigenvalue weighted by Crippen LogP contribution is -2.33. The van der Waals surface area contributed by atoms with Crippen LogP contribution in [0.4, 0.5) is 10.1 Å². The molecule has 0 bridgehead atoms. The summed E-state index contributed by atoms with van der Waals surface area (Å²) < 4.78 is 13.3. The second-order valence-electron chi connectivity index (χ2n) is 6.57. The molecule has 5 nitrogen and oxygen atoms in total. The monoisotopic (exact) mass is 375 g/mol. The molecule has 140 valence electrons. The average molecular weight is 375 g/mol. The molecule has 2 aromatic carbocycles. The largest absolute Gasteiger partial charge is 0.352 e. The normalized spacial score (nSPS) is 15.4. The van der Waals surface area contributed by atoms with Crippen LogP contribution in [0.5, 0.6) is 0 Å². The number of pyridine rings is 1. The standard InChI is InChI=1S/C22H18FN3O2/c23-16-8-10-17(11-9-16)26-19(21-18(22(26)28)7-4-12-24-21)13-20(27)25-14-15-5-2-1-3-6-15/h1-12,19H,13-14H2,(H,25,27). The molecule has 1 aliphatic heterocycles. The summed E-state index contributed by atoms with van der Waals surface area (Å²) in [6.45, 7) is 0.409. The Morgan fingerprint density at radius 3 is 2.54 bits per heavy atom. The van der Waals surface area contributed by atoms with Crippen LogP contribution in [-0.4, -0.2) is 16.8 Å². The summed E-state index contributed by atoms with van der Waals surface area (Å²) in [6, 6.07) is 18.1. The van der Waals surface area contributed by atoms with Gasteiger partial charge in [0.25, 0.3) is 5.91 Å². The molecule has 1 aliphatic rings. The minimum Gasteiger partial charge on any atom is -0.352 e. The van der Waals surface area contributed by atoms with E-state index in [1.807, 2.05) is 30.3 Å². The SMILES string of the molecule is O=C(CC1c2ncccc2C(=O)N1c1ccc(F)cc1)NCc1ccccc1. The lowest BCUT2D eigenvalue weighted by molar-refractivity contribution is -0.121. The number of nitrogens with zero attached hydrogens (tertiary/aromatic N) is 2. The Kier molecular flexibility index (Phi) is 4.85. The predicted molar refractivity (Wildman–Crippen MR) is 103 cm³/mol. The Labute approximate surface area is 161 Å². The second kappa shape index (κ2) is 7.60. The highest BCUT2D eigenvalue weighted by Crippen LogP contribution is 2.38. The molecule has 2 heterocycles. The molecule has 28 heavy (non-hydrogen) atoms. The zero-order chi connectivity index (χ0) is 19.5. The van der Waals surface area contributed by atoms with Crippen LogP contribution in [0.1, 0.15) is 34.1 Å². The van der Waals surface area contributed by atoms with Gasteiger partial charge in [-0.1, -0.05) is 30.3 Å². The van der Waals surface area contributed by atoms with Gasteiger partial charge < -0.3 is 5.32 Å². The van der Waals surface area contributed by atoms with Crippen molar-refractivity contribution in [2.45, 2.75) is 19.0 Å². The van der Waals surface area contributed by atoms with E-state index in [-0.39, 0.29) is 24.1 Å². The van der Waals surface area contributed by atoms with Gasteiger partial charge in [-0.15, -0.1) is 0 Å². The zero-order valence-corrected chi connectivity index (χ0v) is 15.0. The van der Waals surface area contributed by atoms with E-state index >= 15 is 0 Å². The summed E-state index contributed by atoms with van der Waals surface area (Å²) in [6.07, 6.45) is 1.68. The van der Waals surface area contributed by atoms with E-state index in [9.17, 15) is 14.0 Å². The summed E-state index contributed by atoms with van der Waals surface area (Å²) in [5.74, 6) is -0.814. The number of halogens is 1. The molecule has 4 rings (SSSR count). The van der Waals surface area contributed by atoms with Crippen molar-refractivity contribution < 1.29 is 14.0 Å². The van der Waals surface area contributed by atoms with Gasteiger partial charge in [-0.25, -0.2) is 4.39 Å². The molecule has 2 amide bonds. The van der Waals surface area contributed by atoms with Gasteiger partial charge in [0.15, 0.2) is 0 Å². The van der Waals surface area contributed by atoms with Crippen molar-refractivity contribution in [2.75, 3.05) is 4.90 Å². The summed E-state index contributed by atoms with van der Waals surface area (Å²) in [5, 5.41) is 2.89. The predicted octanol–water partition coefficient (Wildman–Crippen LogP) is 3.63. The van der Waals surface area contributed by atoms with Crippen LogP contribution >= 0.6 is 0 Å². The van der Waals surface area contributed by atoms with E-state index in [2.05, 4.69) is 10.3 Å². The van der Waals surface area contributed by atoms with Crippen LogP contribution in [0.2, 0.25) is 0 Å². The van der Waals surface area contributed by atoms with Crippen LogP contribution < -0.4 is 10.2 Å². The number of carbonyl (C=O) groups is 2. The van der Waals surface area contributed by atoms with E-state index < -0.39 is 6.04 Å². The van der Waals surface area contributed by atoms with Gasteiger partial charge in [0.1, 0.15) is 5.82 Å². The number of carbonyl (C=O) groups excluding carboxylic acids is 2. The molecular weight excluding hydrogens is 357 g/mol. The van der Waals surface area contributed by atoms with Gasteiger partial charge >= 0.3 is 0 Å². The highest BCUT2D eigenvalue weighted by atomic mass is 19.1. The number of benzene rings is 2.